The summed E-state index contributed by atoms with van der Waals surface area (Å²) in [6.45, 7) is 3.83. The molecule has 0 saturated carbocycles. The summed E-state index contributed by atoms with van der Waals surface area (Å²) in [5.74, 6) is -0.600. The molecule has 3 rings (SSSR count). The van der Waals surface area contributed by atoms with Crippen molar-refractivity contribution in [2.45, 2.75) is 19.9 Å². The smallest absolute Gasteiger partial charge is 0.232 e. The largest absolute Gasteiger partial charge is 0.481 e. The number of halogens is 3. The van der Waals surface area contributed by atoms with Crippen LogP contribution in [0.4, 0.5) is 26.4 Å². The van der Waals surface area contributed by atoms with Gasteiger partial charge < -0.3 is 15.4 Å². The van der Waals surface area contributed by atoms with Crippen molar-refractivity contribution in [2.75, 3.05) is 17.7 Å². The van der Waals surface area contributed by atoms with Gasteiger partial charge >= 0.3 is 0 Å². The molecule has 0 radical (unpaired) electrons. The van der Waals surface area contributed by atoms with Gasteiger partial charge in [-0.05, 0) is 32.0 Å². The summed E-state index contributed by atoms with van der Waals surface area (Å²) in [5, 5.41) is 6.23. The van der Waals surface area contributed by atoms with E-state index < -0.39 is 11.6 Å². The molecule has 2 N–H and O–H groups in total. The van der Waals surface area contributed by atoms with Crippen LogP contribution in [0.2, 0.25) is 5.02 Å². The molecule has 0 aliphatic heterocycles. The van der Waals surface area contributed by atoms with Crippen LogP contribution in [0.3, 0.4) is 0 Å². The predicted octanol–water partition coefficient (Wildman–Crippen LogP) is 4.44. The quantitative estimate of drug-likeness (QED) is 0.626. The van der Waals surface area contributed by atoms with E-state index in [2.05, 4.69) is 30.6 Å². The highest BCUT2D eigenvalue weighted by atomic mass is 35.5. The van der Waals surface area contributed by atoms with Crippen LogP contribution in [-0.2, 0) is 0 Å². The Morgan fingerprint density at radius 2 is 1.61 bits per heavy atom. The Labute approximate surface area is 165 Å². The summed E-state index contributed by atoms with van der Waals surface area (Å²) in [7, 11) is 1.47. The second-order valence-corrected chi connectivity index (χ2v) is 6.54. The van der Waals surface area contributed by atoms with Gasteiger partial charge in [0.05, 0.1) is 7.11 Å². The molecule has 146 valence electrons. The average molecular weight is 407 g/mol. The maximum absolute atomic E-state index is 13.5. The van der Waals surface area contributed by atoms with Crippen molar-refractivity contribution in [3.8, 4) is 17.4 Å². The first-order chi connectivity index (χ1) is 13.3. The molecular formula is C18H17ClF2N6O. The summed E-state index contributed by atoms with van der Waals surface area (Å²) in [5.41, 5.74) is 0.508. The zero-order valence-electron chi connectivity index (χ0n) is 15.3. The van der Waals surface area contributed by atoms with Gasteiger partial charge in [-0.3, -0.25) is 0 Å². The fourth-order valence-electron chi connectivity index (χ4n) is 2.32. The van der Waals surface area contributed by atoms with Gasteiger partial charge in [0.1, 0.15) is 17.3 Å². The number of pyridine rings is 1. The standard InChI is InChI=1S/C18H17ClF2N6O/c1-9(2)22-17-25-16(14-4-10(19)5-15(24-14)28-3)26-18(27-17)23-13-7-11(20)6-12(21)8-13/h4-9H,1-3H3,(H2,22,23,25,26,27). The number of methoxy groups -OCH3 is 1. The van der Waals surface area contributed by atoms with E-state index in [1.165, 1.54) is 7.11 Å². The number of nitrogens with one attached hydrogen (secondary N) is 2. The third-order valence-corrected chi connectivity index (χ3v) is 3.59. The average Bonchev–Trinajstić information content (AvgIpc) is 2.59. The Bertz CT molecular complexity index is 982. The number of benzene rings is 1. The zero-order chi connectivity index (χ0) is 20.3. The monoisotopic (exact) mass is 406 g/mol. The van der Waals surface area contributed by atoms with Crippen molar-refractivity contribution >= 4 is 29.2 Å². The van der Waals surface area contributed by atoms with Gasteiger partial charge in [-0.1, -0.05) is 11.6 Å². The molecule has 0 bridgehead atoms. The first kappa shape index (κ1) is 19.7. The van der Waals surface area contributed by atoms with E-state index in [-0.39, 0.29) is 29.5 Å². The molecular weight excluding hydrogens is 390 g/mol. The number of hydrogen-bond donors (Lipinski definition) is 2. The lowest BCUT2D eigenvalue weighted by Gasteiger charge is -2.12. The Balaban J connectivity index is 2.05. The van der Waals surface area contributed by atoms with E-state index in [4.69, 9.17) is 16.3 Å². The molecule has 0 atom stereocenters. The molecule has 28 heavy (non-hydrogen) atoms. The molecule has 2 heterocycles. The molecule has 0 aliphatic carbocycles. The van der Waals surface area contributed by atoms with Gasteiger partial charge in [-0.2, -0.15) is 15.0 Å². The predicted molar refractivity (Wildman–Crippen MR) is 103 cm³/mol. The fraction of sp³-hybridized carbons (Fsp3) is 0.222. The minimum Gasteiger partial charge on any atom is -0.481 e. The van der Waals surface area contributed by atoms with Gasteiger partial charge in [0.25, 0.3) is 0 Å². The SMILES string of the molecule is COc1cc(Cl)cc(-c2nc(Nc3cc(F)cc(F)c3)nc(NC(C)C)n2)n1. The number of hydrogen-bond acceptors (Lipinski definition) is 7. The van der Waals surface area contributed by atoms with Crippen LogP contribution >= 0.6 is 11.6 Å². The van der Waals surface area contributed by atoms with Crippen molar-refractivity contribution in [1.82, 2.24) is 19.9 Å². The lowest BCUT2D eigenvalue weighted by atomic mass is 10.3. The molecule has 0 unspecified atom stereocenters. The first-order valence-corrected chi connectivity index (χ1v) is 8.68. The normalized spacial score (nSPS) is 10.8. The molecule has 0 fully saturated rings. The zero-order valence-corrected chi connectivity index (χ0v) is 16.1. The number of anilines is 3. The fourth-order valence-corrected chi connectivity index (χ4v) is 2.51. The van der Waals surface area contributed by atoms with E-state index in [1.807, 2.05) is 13.8 Å². The highest BCUT2D eigenvalue weighted by Gasteiger charge is 2.13. The van der Waals surface area contributed by atoms with Gasteiger partial charge in [0.2, 0.25) is 17.8 Å². The van der Waals surface area contributed by atoms with Crippen LogP contribution in [0.1, 0.15) is 13.8 Å². The number of ether oxygens (including phenoxy) is 1. The summed E-state index contributed by atoms with van der Waals surface area (Å²) in [6.07, 6.45) is 0. The maximum atomic E-state index is 13.5. The van der Waals surface area contributed by atoms with Crippen LogP contribution in [0.25, 0.3) is 11.5 Å². The number of aromatic nitrogens is 4. The van der Waals surface area contributed by atoms with Crippen molar-refractivity contribution in [1.29, 1.82) is 0 Å². The number of rotatable bonds is 6. The Kier molecular flexibility index (Phi) is 5.84. The van der Waals surface area contributed by atoms with Gasteiger partial charge in [-0.15, -0.1) is 0 Å². The number of nitrogens with zero attached hydrogens (tertiary/aromatic N) is 4. The minimum atomic E-state index is -0.724. The van der Waals surface area contributed by atoms with E-state index in [9.17, 15) is 8.78 Å². The van der Waals surface area contributed by atoms with Crippen LogP contribution in [0, 0.1) is 11.6 Å². The Morgan fingerprint density at radius 3 is 2.25 bits per heavy atom. The summed E-state index contributed by atoms with van der Waals surface area (Å²) in [4.78, 5) is 17.1. The molecule has 0 saturated heterocycles. The van der Waals surface area contributed by atoms with Crippen LogP contribution in [-0.4, -0.2) is 33.1 Å². The molecule has 3 aromatic rings. The highest BCUT2D eigenvalue weighted by molar-refractivity contribution is 6.30. The maximum Gasteiger partial charge on any atom is 0.232 e. The van der Waals surface area contributed by atoms with Crippen LogP contribution < -0.4 is 15.4 Å². The molecule has 2 aromatic heterocycles. The van der Waals surface area contributed by atoms with Crippen molar-refractivity contribution in [3.63, 3.8) is 0 Å². The van der Waals surface area contributed by atoms with Crippen molar-refractivity contribution < 1.29 is 13.5 Å². The second kappa shape index (κ2) is 8.30. The van der Waals surface area contributed by atoms with E-state index in [0.29, 0.717) is 16.6 Å². The molecule has 10 heteroatoms. The molecule has 7 nitrogen and oxygen atoms in total. The summed E-state index contributed by atoms with van der Waals surface area (Å²) in [6, 6.07) is 6.19. The highest BCUT2D eigenvalue weighted by Crippen LogP contribution is 2.25. The van der Waals surface area contributed by atoms with Crippen molar-refractivity contribution in [2.24, 2.45) is 0 Å². The minimum absolute atomic E-state index is 0.0385. The third kappa shape index (κ3) is 5.01. The summed E-state index contributed by atoms with van der Waals surface area (Å²) < 4.78 is 32.1. The molecule has 1 aromatic carbocycles. The van der Waals surface area contributed by atoms with Crippen LogP contribution in [0.15, 0.2) is 30.3 Å². The van der Waals surface area contributed by atoms with E-state index >= 15 is 0 Å². The van der Waals surface area contributed by atoms with Crippen molar-refractivity contribution in [3.05, 3.63) is 47.0 Å². The lowest BCUT2D eigenvalue weighted by Crippen LogP contribution is -2.14. The lowest BCUT2D eigenvalue weighted by molar-refractivity contribution is 0.398. The molecule has 0 spiro atoms. The van der Waals surface area contributed by atoms with E-state index in [0.717, 1.165) is 18.2 Å². The van der Waals surface area contributed by atoms with Gasteiger partial charge in [-0.25, -0.2) is 13.8 Å². The second-order valence-electron chi connectivity index (χ2n) is 6.10. The third-order valence-electron chi connectivity index (χ3n) is 3.38. The summed E-state index contributed by atoms with van der Waals surface area (Å²) >= 11 is 6.10. The van der Waals surface area contributed by atoms with Crippen LogP contribution in [0.5, 0.6) is 5.88 Å². The molecule has 0 amide bonds. The van der Waals surface area contributed by atoms with Gasteiger partial charge in [0.15, 0.2) is 5.82 Å². The Hall–Kier alpha value is -3.07. The van der Waals surface area contributed by atoms with Gasteiger partial charge in [0, 0.05) is 28.9 Å². The topological polar surface area (TPSA) is 84.9 Å². The van der Waals surface area contributed by atoms with E-state index in [1.54, 1.807) is 12.1 Å². The molecule has 0 aliphatic rings. The Morgan fingerprint density at radius 1 is 0.929 bits per heavy atom. The first-order valence-electron chi connectivity index (χ1n) is 8.30.